The standard InChI is InChI=1S/C13H10F3N3O3/c14-13(15,16)12(22)17-10-6-9(8-4-2-1-3-5-8)19(18-10)7-11(20)21/h1-6H,7H2,(H,20,21)(H,17,18,22). The van der Waals surface area contributed by atoms with Gasteiger partial charge in [0.25, 0.3) is 0 Å². The highest BCUT2D eigenvalue weighted by molar-refractivity contribution is 5.94. The number of alkyl halides is 3. The summed E-state index contributed by atoms with van der Waals surface area (Å²) in [6, 6.07) is 9.56. The van der Waals surface area contributed by atoms with E-state index in [-0.39, 0.29) is 11.5 Å². The molecule has 2 rings (SSSR count). The summed E-state index contributed by atoms with van der Waals surface area (Å²) in [5.41, 5.74) is 0.837. The highest BCUT2D eigenvalue weighted by atomic mass is 19.4. The number of rotatable bonds is 4. The predicted molar refractivity (Wildman–Crippen MR) is 70.0 cm³/mol. The number of carboxylic acid groups (broad SMARTS) is 1. The quantitative estimate of drug-likeness (QED) is 0.905. The number of nitrogens with one attached hydrogen (secondary N) is 1. The van der Waals surface area contributed by atoms with Gasteiger partial charge in [0.05, 0.1) is 5.69 Å². The molecule has 0 aliphatic heterocycles. The minimum absolute atomic E-state index is 0.278. The van der Waals surface area contributed by atoms with Gasteiger partial charge in [0.1, 0.15) is 6.54 Å². The molecule has 1 heterocycles. The fraction of sp³-hybridized carbons (Fsp3) is 0.154. The van der Waals surface area contributed by atoms with E-state index in [0.29, 0.717) is 5.56 Å². The molecular weight excluding hydrogens is 303 g/mol. The summed E-state index contributed by atoms with van der Waals surface area (Å²) >= 11 is 0. The number of anilines is 1. The minimum Gasteiger partial charge on any atom is -0.480 e. The van der Waals surface area contributed by atoms with E-state index in [9.17, 15) is 22.8 Å². The Kier molecular flexibility index (Phi) is 4.15. The van der Waals surface area contributed by atoms with Gasteiger partial charge >= 0.3 is 18.1 Å². The molecule has 1 aromatic heterocycles. The lowest BCUT2D eigenvalue weighted by Gasteiger charge is -2.04. The van der Waals surface area contributed by atoms with Crippen molar-refractivity contribution in [3.05, 3.63) is 36.4 Å². The van der Waals surface area contributed by atoms with Crippen molar-refractivity contribution in [1.82, 2.24) is 9.78 Å². The first-order valence-corrected chi connectivity index (χ1v) is 6.00. The molecule has 0 radical (unpaired) electrons. The van der Waals surface area contributed by atoms with Crippen molar-refractivity contribution in [2.24, 2.45) is 0 Å². The summed E-state index contributed by atoms with van der Waals surface area (Å²) in [6.07, 6.45) is -5.05. The fourth-order valence-corrected chi connectivity index (χ4v) is 1.75. The zero-order valence-corrected chi connectivity index (χ0v) is 11.0. The van der Waals surface area contributed by atoms with Crippen LogP contribution in [-0.2, 0) is 16.1 Å². The number of aromatic nitrogens is 2. The van der Waals surface area contributed by atoms with Crippen LogP contribution in [0.4, 0.5) is 19.0 Å². The molecule has 1 amide bonds. The smallest absolute Gasteiger partial charge is 0.471 e. The molecule has 0 saturated carbocycles. The zero-order valence-electron chi connectivity index (χ0n) is 11.0. The molecule has 0 fully saturated rings. The van der Waals surface area contributed by atoms with Gasteiger partial charge in [-0.3, -0.25) is 14.3 Å². The van der Waals surface area contributed by atoms with Crippen LogP contribution in [0.1, 0.15) is 0 Å². The summed E-state index contributed by atoms with van der Waals surface area (Å²) in [7, 11) is 0. The molecule has 0 bridgehead atoms. The van der Waals surface area contributed by atoms with Gasteiger partial charge < -0.3 is 10.4 Å². The maximum absolute atomic E-state index is 12.2. The average molecular weight is 313 g/mol. The number of aliphatic carboxylic acids is 1. The van der Waals surface area contributed by atoms with Gasteiger partial charge in [0, 0.05) is 6.07 Å². The predicted octanol–water partition coefficient (Wildman–Crippen LogP) is 2.14. The largest absolute Gasteiger partial charge is 0.480 e. The van der Waals surface area contributed by atoms with Gasteiger partial charge in [-0.25, -0.2) is 0 Å². The Bertz CT molecular complexity index is 696. The number of carbonyl (C=O) groups is 2. The maximum Gasteiger partial charge on any atom is 0.471 e. The van der Waals surface area contributed by atoms with Gasteiger partial charge in [-0.1, -0.05) is 30.3 Å². The summed E-state index contributed by atoms with van der Waals surface area (Å²) in [6.45, 7) is -0.549. The molecule has 2 aromatic rings. The monoisotopic (exact) mass is 313 g/mol. The fourth-order valence-electron chi connectivity index (χ4n) is 1.75. The van der Waals surface area contributed by atoms with E-state index < -0.39 is 24.6 Å². The van der Waals surface area contributed by atoms with Crippen LogP contribution in [0.5, 0.6) is 0 Å². The molecule has 6 nitrogen and oxygen atoms in total. The van der Waals surface area contributed by atoms with Crippen molar-refractivity contribution in [2.75, 3.05) is 5.32 Å². The first-order valence-electron chi connectivity index (χ1n) is 6.00. The summed E-state index contributed by atoms with van der Waals surface area (Å²) in [4.78, 5) is 21.7. The first-order chi connectivity index (χ1) is 10.3. The topological polar surface area (TPSA) is 84.2 Å². The number of halogens is 3. The Morgan fingerprint density at radius 1 is 1.23 bits per heavy atom. The van der Waals surface area contributed by atoms with Crippen molar-refractivity contribution >= 4 is 17.7 Å². The molecule has 22 heavy (non-hydrogen) atoms. The van der Waals surface area contributed by atoms with Gasteiger partial charge in [-0.05, 0) is 5.56 Å². The van der Waals surface area contributed by atoms with Crippen molar-refractivity contribution in [3.63, 3.8) is 0 Å². The summed E-state index contributed by atoms with van der Waals surface area (Å²) in [5.74, 6) is -3.76. The van der Waals surface area contributed by atoms with Crippen LogP contribution in [0, 0.1) is 0 Å². The first kappa shape index (κ1) is 15.5. The Balaban J connectivity index is 2.36. The molecule has 0 aliphatic carbocycles. The van der Waals surface area contributed by atoms with Gasteiger partial charge in [-0.2, -0.15) is 18.3 Å². The summed E-state index contributed by atoms with van der Waals surface area (Å²) in [5, 5.41) is 14.1. The molecule has 0 unspecified atom stereocenters. The van der Waals surface area contributed by atoms with Crippen LogP contribution >= 0.6 is 0 Å². The number of hydrogen-bond donors (Lipinski definition) is 2. The van der Waals surface area contributed by atoms with Crippen molar-refractivity contribution in [3.8, 4) is 11.3 Å². The number of carboxylic acids is 1. The SMILES string of the molecule is O=C(O)Cn1nc(NC(=O)C(F)(F)F)cc1-c1ccccc1. The van der Waals surface area contributed by atoms with Crippen molar-refractivity contribution in [2.45, 2.75) is 12.7 Å². The molecule has 2 N–H and O–H groups in total. The van der Waals surface area contributed by atoms with Crippen LogP contribution in [0.3, 0.4) is 0 Å². The Labute approximate surface area is 122 Å². The second-order valence-electron chi connectivity index (χ2n) is 4.28. The van der Waals surface area contributed by atoms with E-state index in [2.05, 4.69) is 5.10 Å². The van der Waals surface area contributed by atoms with E-state index in [1.54, 1.807) is 35.6 Å². The molecule has 0 aliphatic rings. The van der Waals surface area contributed by atoms with E-state index in [4.69, 9.17) is 5.11 Å². The molecule has 0 spiro atoms. The Morgan fingerprint density at radius 2 is 1.86 bits per heavy atom. The van der Waals surface area contributed by atoms with Crippen LogP contribution < -0.4 is 5.32 Å². The minimum atomic E-state index is -5.05. The highest BCUT2D eigenvalue weighted by Gasteiger charge is 2.39. The molecule has 0 saturated heterocycles. The number of nitrogens with zero attached hydrogens (tertiary/aromatic N) is 2. The number of amides is 1. The van der Waals surface area contributed by atoms with Crippen molar-refractivity contribution in [1.29, 1.82) is 0 Å². The van der Waals surface area contributed by atoms with Crippen LogP contribution in [0.15, 0.2) is 36.4 Å². The lowest BCUT2D eigenvalue weighted by Crippen LogP contribution is -2.30. The Morgan fingerprint density at radius 3 is 2.41 bits per heavy atom. The normalized spacial score (nSPS) is 11.2. The van der Waals surface area contributed by atoms with Crippen LogP contribution in [0.25, 0.3) is 11.3 Å². The molecule has 0 atom stereocenters. The van der Waals surface area contributed by atoms with E-state index in [1.807, 2.05) is 0 Å². The van der Waals surface area contributed by atoms with E-state index >= 15 is 0 Å². The third-order valence-corrected chi connectivity index (χ3v) is 2.63. The molecule has 116 valence electrons. The highest BCUT2D eigenvalue weighted by Crippen LogP contribution is 2.24. The average Bonchev–Trinajstić information content (AvgIpc) is 2.80. The van der Waals surface area contributed by atoms with E-state index in [1.165, 1.54) is 6.07 Å². The third-order valence-electron chi connectivity index (χ3n) is 2.63. The molecule has 9 heteroatoms. The van der Waals surface area contributed by atoms with Crippen LogP contribution in [-0.4, -0.2) is 32.9 Å². The number of hydrogen-bond acceptors (Lipinski definition) is 3. The Hall–Kier alpha value is -2.84. The lowest BCUT2D eigenvalue weighted by molar-refractivity contribution is -0.167. The molecule has 1 aromatic carbocycles. The second-order valence-corrected chi connectivity index (χ2v) is 4.28. The third kappa shape index (κ3) is 3.62. The number of benzene rings is 1. The zero-order chi connectivity index (χ0) is 16.3. The van der Waals surface area contributed by atoms with Gasteiger partial charge in [0.15, 0.2) is 5.82 Å². The van der Waals surface area contributed by atoms with E-state index in [0.717, 1.165) is 4.68 Å². The second kappa shape index (κ2) is 5.88. The van der Waals surface area contributed by atoms with Gasteiger partial charge in [0.2, 0.25) is 0 Å². The lowest BCUT2D eigenvalue weighted by atomic mass is 10.1. The molecular formula is C13H10F3N3O3. The maximum atomic E-state index is 12.2. The van der Waals surface area contributed by atoms with Crippen LogP contribution in [0.2, 0.25) is 0 Å². The van der Waals surface area contributed by atoms with Gasteiger partial charge in [-0.15, -0.1) is 0 Å². The summed E-state index contributed by atoms with van der Waals surface area (Å²) < 4.78 is 37.7. The van der Waals surface area contributed by atoms with Crippen molar-refractivity contribution < 1.29 is 27.9 Å². The number of carbonyl (C=O) groups excluding carboxylic acids is 1.